The molecule has 1 aliphatic carbocycles. The van der Waals surface area contributed by atoms with Gasteiger partial charge in [0.25, 0.3) is 0 Å². The summed E-state index contributed by atoms with van der Waals surface area (Å²) in [6.45, 7) is 0. The van der Waals surface area contributed by atoms with E-state index in [0.717, 1.165) is 66.1 Å². The monoisotopic (exact) mass is 647 g/mol. The number of hydrogen-bond acceptors (Lipinski definition) is 3. The zero-order chi connectivity index (χ0) is 33.9. The molecule has 7 aromatic carbocycles. The number of benzene rings is 7. The van der Waals surface area contributed by atoms with Gasteiger partial charge in [0.2, 0.25) is 0 Å². The van der Waals surface area contributed by atoms with Gasteiger partial charge in [0.1, 0.15) is 0 Å². The van der Waals surface area contributed by atoms with Crippen molar-refractivity contribution in [3.8, 4) is 39.4 Å². The van der Waals surface area contributed by atoms with Crippen molar-refractivity contribution in [1.82, 2.24) is 9.97 Å². The predicted octanol–water partition coefficient (Wildman–Crippen LogP) is 11.5. The molecule has 2 aromatic heterocycles. The van der Waals surface area contributed by atoms with Gasteiger partial charge in [-0.25, -0.2) is 4.98 Å². The summed E-state index contributed by atoms with van der Waals surface area (Å²) in [6.07, 6.45) is 1.85. The van der Waals surface area contributed by atoms with Crippen molar-refractivity contribution >= 4 is 32.7 Å². The average Bonchev–Trinajstić information content (AvgIpc) is 3.50. The number of pyridine rings is 2. The second kappa shape index (κ2) is 11.3. The SMILES string of the molecule is N#Cc1ccc2c(c1)C(c1ccccc1)(c1ccccc1)c1cc(-c3ccc(-c4cc5cc6ccccc6nc5c5ncccc45)cc3)ccc1-2. The Morgan fingerprint density at radius 3 is 1.86 bits per heavy atom. The highest BCUT2D eigenvalue weighted by Gasteiger charge is 2.46. The Hall–Kier alpha value is -6.89. The van der Waals surface area contributed by atoms with Crippen molar-refractivity contribution in [2.45, 2.75) is 5.41 Å². The largest absolute Gasteiger partial charge is 0.254 e. The van der Waals surface area contributed by atoms with E-state index in [2.05, 4.69) is 158 Å². The molecule has 3 nitrogen and oxygen atoms in total. The van der Waals surface area contributed by atoms with Crippen LogP contribution in [0.25, 0.3) is 66.1 Å². The van der Waals surface area contributed by atoms with Crippen LogP contribution in [-0.2, 0) is 5.41 Å². The smallest absolute Gasteiger partial charge is 0.0991 e. The summed E-state index contributed by atoms with van der Waals surface area (Å²) >= 11 is 0. The first-order valence-corrected chi connectivity index (χ1v) is 17.2. The van der Waals surface area contributed by atoms with Gasteiger partial charge in [-0.3, -0.25) is 4.98 Å². The number of rotatable bonds is 4. The van der Waals surface area contributed by atoms with Crippen LogP contribution in [-0.4, -0.2) is 9.97 Å². The summed E-state index contributed by atoms with van der Waals surface area (Å²) in [6, 6.07) is 62.6. The van der Waals surface area contributed by atoms with Gasteiger partial charge < -0.3 is 0 Å². The maximum atomic E-state index is 9.99. The molecule has 0 fully saturated rings. The van der Waals surface area contributed by atoms with Crippen LogP contribution in [0.3, 0.4) is 0 Å². The van der Waals surface area contributed by atoms with E-state index in [1.807, 2.05) is 24.4 Å². The van der Waals surface area contributed by atoms with Crippen LogP contribution in [0.2, 0.25) is 0 Å². The zero-order valence-corrected chi connectivity index (χ0v) is 27.6. The van der Waals surface area contributed by atoms with E-state index >= 15 is 0 Å². The number of nitrogens with zero attached hydrogens (tertiary/aromatic N) is 3. The van der Waals surface area contributed by atoms with E-state index < -0.39 is 5.41 Å². The molecule has 0 atom stereocenters. The predicted molar refractivity (Wildman–Crippen MR) is 207 cm³/mol. The molecule has 0 N–H and O–H groups in total. The number of para-hydroxylation sites is 1. The third-order valence-corrected chi connectivity index (χ3v) is 10.6. The van der Waals surface area contributed by atoms with Crippen molar-refractivity contribution < 1.29 is 0 Å². The molecule has 51 heavy (non-hydrogen) atoms. The fraction of sp³-hybridized carbons (Fsp3) is 0.0208. The lowest BCUT2D eigenvalue weighted by Crippen LogP contribution is -2.28. The fourth-order valence-corrected chi connectivity index (χ4v) is 8.30. The normalized spacial score (nSPS) is 12.8. The number of nitriles is 1. The lowest BCUT2D eigenvalue weighted by atomic mass is 9.67. The van der Waals surface area contributed by atoms with Gasteiger partial charge in [0, 0.05) is 22.4 Å². The van der Waals surface area contributed by atoms with Crippen LogP contribution in [0.1, 0.15) is 27.8 Å². The first kappa shape index (κ1) is 29.1. The topological polar surface area (TPSA) is 49.6 Å². The van der Waals surface area contributed by atoms with Crippen molar-refractivity contribution in [1.29, 1.82) is 5.26 Å². The molecule has 0 radical (unpaired) electrons. The van der Waals surface area contributed by atoms with Gasteiger partial charge in [-0.2, -0.15) is 5.26 Å². The third-order valence-electron chi connectivity index (χ3n) is 10.6. The van der Waals surface area contributed by atoms with Crippen LogP contribution in [0.15, 0.2) is 176 Å². The molecule has 236 valence electrons. The third kappa shape index (κ3) is 4.37. The molecule has 1 aliphatic rings. The van der Waals surface area contributed by atoms with E-state index in [1.165, 1.54) is 22.3 Å². The van der Waals surface area contributed by atoms with E-state index in [4.69, 9.17) is 9.97 Å². The molecular weight excluding hydrogens is 619 g/mol. The van der Waals surface area contributed by atoms with E-state index in [-0.39, 0.29) is 0 Å². The average molecular weight is 648 g/mol. The lowest BCUT2D eigenvalue weighted by molar-refractivity contribution is 0.768. The molecule has 10 rings (SSSR count). The molecular formula is C48H29N3. The Kier molecular flexibility index (Phi) is 6.46. The van der Waals surface area contributed by atoms with Crippen molar-refractivity contribution in [3.63, 3.8) is 0 Å². The standard InChI is InChI=1S/C48H29N3/c49-30-31-17-23-39-40-24-22-34(29-44(40)48(43(39)26-31,37-11-3-1-4-12-37)38-13-5-2-6-14-38)32-18-20-33(21-19-32)42-28-36-27-35-10-7-8-16-45(35)51-46(36)47-41(42)15-9-25-50-47/h1-29H. The maximum Gasteiger partial charge on any atom is 0.0991 e. The Balaban J connectivity index is 1.14. The minimum Gasteiger partial charge on any atom is -0.254 e. The molecule has 0 bridgehead atoms. The summed E-state index contributed by atoms with van der Waals surface area (Å²) in [5.74, 6) is 0. The molecule has 0 amide bonds. The fourth-order valence-electron chi connectivity index (χ4n) is 8.30. The molecule has 9 aromatic rings. The first-order valence-electron chi connectivity index (χ1n) is 17.2. The van der Waals surface area contributed by atoms with Gasteiger partial charge in [-0.15, -0.1) is 0 Å². The second-order valence-corrected chi connectivity index (χ2v) is 13.3. The number of aromatic nitrogens is 2. The quantitative estimate of drug-likeness (QED) is 0.141. The maximum absolute atomic E-state index is 9.99. The van der Waals surface area contributed by atoms with Gasteiger partial charge in [0.05, 0.1) is 33.6 Å². The van der Waals surface area contributed by atoms with Crippen LogP contribution in [0.4, 0.5) is 0 Å². The van der Waals surface area contributed by atoms with Crippen LogP contribution in [0, 0.1) is 11.3 Å². The number of fused-ring (bicyclic) bond motifs is 7. The van der Waals surface area contributed by atoms with E-state index in [1.54, 1.807) is 0 Å². The molecule has 0 saturated carbocycles. The van der Waals surface area contributed by atoms with E-state index in [9.17, 15) is 5.26 Å². The summed E-state index contributed by atoms with van der Waals surface area (Å²) in [4.78, 5) is 9.84. The Morgan fingerprint density at radius 1 is 0.471 bits per heavy atom. The Labute approximate surface area is 295 Å². The van der Waals surface area contributed by atoms with Crippen LogP contribution < -0.4 is 0 Å². The minimum absolute atomic E-state index is 0.578. The van der Waals surface area contributed by atoms with Crippen molar-refractivity contribution in [2.75, 3.05) is 0 Å². The van der Waals surface area contributed by atoms with E-state index in [0.29, 0.717) is 5.56 Å². The highest BCUT2D eigenvalue weighted by Crippen LogP contribution is 2.57. The molecule has 2 heterocycles. The summed E-state index contributed by atoms with van der Waals surface area (Å²) in [5.41, 5.74) is 14.5. The molecule has 0 saturated heterocycles. The first-order chi connectivity index (χ1) is 25.2. The Morgan fingerprint density at radius 2 is 1.12 bits per heavy atom. The van der Waals surface area contributed by atoms with Gasteiger partial charge in [-0.1, -0.05) is 127 Å². The van der Waals surface area contributed by atoms with Gasteiger partial charge in [-0.05, 0) is 98.1 Å². The minimum atomic E-state index is -0.578. The second-order valence-electron chi connectivity index (χ2n) is 13.3. The van der Waals surface area contributed by atoms with Crippen molar-refractivity contribution in [2.24, 2.45) is 0 Å². The van der Waals surface area contributed by atoms with Gasteiger partial charge in [0.15, 0.2) is 0 Å². The molecule has 3 heteroatoms. The molecule has 0 spiro atoms. The lowest BCUT2D eigenvalue weighted by Gasteiger charge is -2.34. The van der Waals surface area contributed by atoms with Gasteiger partial charge >= 0.3 is 0 Å². The number of hydrogen-bond donors (Lipinski definition) is 0. The molecule has 0 aliphatic heterocycles. The summed E-state index contributed by atoms with van der Waals surface area (Å²) in [5, 5.41) is 13.3. The molecule has 0 unspecified atom stereocenters. The highest BCUT2D eigenvalue weighted by molar-refractivity contribution is 6.12. The summed E-state index contributed by atoms with van der Waals surface area (Å²) in [7, 11) is 0. The van der Waals surface area contributed by atoms with Crippen LogP contribution in [0.5, 0.6) is 0 Å². The Bertz CT molecular complexity index is 2810. The van der Waals surface area contributed by atoms with Crippen molar-refractivity contribution in [3.05, 3.63) is 204 Å². The highest BCUT2D eigenvalue weighted by atomic mass is 14.7. The summed E-state index contributed by atoms with van der Waals surface area (Å²) < 4.78 is 0. The van der Waals surface area contributed by atoms with Crippen LogP contribution >= 0.6 is 0 Å². The zero-order valence-electron chi connectivity index (χ0n) is 27.6.